The van der Waals surface area contributed by atoms with Crippen LogP contribution in [0.1, 0.15) is 25.0 Å². The molecule has 118 valence electrons. The molecular formula is C22H19NO. The van der Waals surface area contributed by atoms with Crippen molar-refractivity contribution in [2.45, 2.75) is 19.3 Å². The summed E-state index contributed by atoms with van der Waals surface area (Å²) in [5, 5.41) is 0. The summed E-state index contributed by atoms with van der Waals surface area (Å²) in [4.78, 5) is 2.22. The summed E-state index contributed by atoms with van der Waals surface area (Å²) < 4.78 is 6.40. The number of anilines is 2. The molecule has 0 fully saturated rings. The maximum absolute atomic E-state index is 6.40. The zero-order valence-electron chi connectivity index (χ0n) is 14.1. The second-order valence-electron chi connectivity index (χ2n) is 7.14. The van der Waals surface area contributed by atoms with Crippen molar-refractivity contribution in [2.24, 2.45) is 0 Å². The monoisotopic (exact) mass is 313 g/mol. The highest BCUT2D eigenvalue weighted by atomic mass is 16.5. The van der Waals surface area contributed by atoms with Crippen LogP contribution in [-0.4, -0.2) is 7.05 Å². The summed E-state index contributed by atoms with van der Waals surface area (Å²) in [6.45, 7) is 4.59. The highest BCUT2D eigenvalue weighted by molar-refractivity contribution is 5.92. The largest absolute Gasteiger partial charge is 0.452 e. The molecule has 0 aromatic heterocycles. The second-order valence-corrected chi connectivity index (χ2v) is 7.14. The van der Waals surface area contributed by atoms with Crippen LogP contribution in [0, 0.1) is 0 Å². The van der Waals surface area contributed by atoms with Gasteiger partial charge in [-0.3, -0.25) is 0 Å². The molecule has 2 heteroatoms. The van der Waals surface area contributed by atoms with E-state index in [0.717, 1.165) is 22.9 Å². The molecule has 0 radical (unpaired) electrons. The van der Waals surface area contributed by atoms with E-state index >= 15 is 0 Å². The van der Waals surface area contributed by atoms with Crippen molar-refractivity contribution in [3.8, 4) is 22.6 Å². The van der Waals surface area contributed by atoms with Gasteiger partial charge in [0.1, 0.15) is 0 Å². The molecule has 0 unspecified atom stereocenters. The topological polar surface area (TPSA) is 12.5 Å². The van der Waals surface area contributed by atoms with E-state index in [9.17, 15) is 0 Å². The lowest BCUT2D eigenvalue weighted by atomic mass is 9.82. The van der Waals surface area contributed by atoms with E-state index in [4.69, 9.17) is 4.74 Å². The van der Waals surface area contributed by atoms with Gasteiger partial charge < -0.3 is 9.64 Å². The first-order valence-electron chi connectivity index (χ1n) is 8.37. The van der Waals surface area contributed by atoms with E-state index in [-0.39, 0.29) is 5.41 Å². The predicted octanol–water partition coefficient (Wildman–Crippen LogP) is 5.87. The van der Waals surface area contributed by atoms with Crippen molar-refractivity contribution in [1.29, 1.82) is 0 Å². The van der Waals surface area contributed by atoms with Crippen molar-refractivity contribution >= 4 is 11.4 Å². The van der Waals surface area contributed by atoms with Crippen LogP contribution in [0.25, 0.3) is 11.1 Å². The molecule has 0 spiro atoms. The quantitative estimate of drug-likeness (QED) is 0.515. The molecule has 1 aliphatic heterocycles. The number of rotatable bonds is 0. The van der Waals surface area contributed by atoms with Gasteiger partial charge in [0.25, 0.3) is 0 Å². The zero-order valence-corrected chi connectivity index (χ0v) is 14.1. The Morgan fingerprint density at radius 1 is 0.792 bits per heavy atom. The molecule has 0 saturated heterocycles. The summed E-state index contributed by atoms with van der Waals surface area (Å²) >= 11 is 0. The summed E-state index contributed by atoms with van der Waals surface area (Å²) in [5.41, 5.74) is 7.49. The lowest BCUT2D eigenvalue weighted by Crippen LogP contribution is -2.18. The predicted molar refractivity (Wildman–Crippen MR) is 98.6 cm³/mol. The van der Waals surface area contributed by atoms with Gasteiger partial charge in [0.05, 0.1) is 11.4 Å². The minimum atomic E-state index is -0.000146. The Balaban J connectivity index is 1.83. The SMILES string of the molecule is CN1c2ccccc2Oc2c1ccc1c2-c2ccccc2C1(C)C. The Morgan fingerprint density at radius 2 is 1.54 bits per heavy atom. The molecule has 0 N–H and O–H groups in total. The van der Waals surface area contributed by atoms with Crippen LogP contribution in [0.15, 0.2) is 60.7 Å². The van der Waals surface area contributed by atoms with Crippen LogP contribution in [0.3, 0.4) is 0 Å². The zero-order chi connectivity index (χ0) is 16.5. The third-order valence-electron chi connectivity index (χ3n) is 5.48. The smallest absolute Gasteiger partial charge is 0.159 e. The molecule has 3 aromatic carbocycles. The second kappa shape index (κ2) is 4.41. The molecular weight excluding hydrogens is 294 g/mol. The summed E-state index contributed by atoms with van der Waals surface area (Å²) in [6, 6.07) is 21.4. The van der Waals surface area contributed by atoms with Gasteiger partial charge in [-0.15, -0.1) is 0 Å². The van der Waals surface area contributed by atoms with Crippen LogP contribution in [0.2, 0.25) is 0 Å². The van der Waals surface area contributed by atoms with Crippen molar-refractivity contribution in [3.05, 3.63) is 71.8 Å². The fourth-order valence-electron chi connectivity index (χ4n) is 4.18. The molecule has 2 nitrogen and oxygen atoms in total. The minimum absolute atomic E-state index is 0.000146. The molecule has 1 aliphatic carbocycles. The third kappa shape index (κ3) is 1.56. The molecule has 24 heavy (non-hydrogen) atoms. The normalized spacial score (nSPS) is 15.9. The first-order chi connectivity index (χ1) is 11.6. The van der Waals surface area contributed by atoms with Gasteiger partial charge in [-0.1, -0.05) is 56.3 Å². The Labute approximate surface area is 142 Å². The molecule has 0 amide bonds. The van der Waals surface area contributed by atoms with E-state index in [1.807, 2.05) is 12.1 Å². The first-order valence-corrected chi connectivity index (χ1v) is 8.37. The Kier molecular flexibility index (Phi) is 2.52. The van der Waals surface area contributed by atoms with Crippen LogP contribution >= 0.6 is 0 Å². The lowest BCUT2D eigenvalue weighted by molar-refractivity contribution is 0.476. The molecule has 1 heterocycles. The van der Waals surface area contributed by atoms with Crippen molar-refractivity contribution in [3.63, 3.8) is 0 Å². The van der Waals surface area contributed by atoms with E-state index < -0.39 is 0 Å². The fourth-order valence-corrected chi connectivity index (χ4v) is 4.18. The third-order valence-corrected chi connectivity index (χ3v) is 5.48. The number of hydrogen-bond acceptors (Lipinski definition) is 2. The van der Waals surface area contributed by atoms with Crippen molar-refractivity contribution in [2.75, 3.05) is 11.9 Å². The Hall–Kier alpha value is -2.74. The Bertz CT molecular complexity index is 987. The van der Waals surface area contributed by atoms with Gasteiger partial charge in [0, 0.05) is 18.0 Å². The van der Waals surface area contributed by atoms with Crippen LogP contribution in [0.4, 0.5) is 11.4 Å². The number of para-hydroxylation sites is 2. The van der Waals surface area contributed by atoms with E-state index in [2.05, 4.69) is 74.3 Å². The van der Waals surface area contributed by atoms with E-state index in [1.165, 1.54) is 22.3 Å². The summed E-state index contributed by atoms with van der Waals surface area (Å²) in [7, 11) is 2.11. The number of nitrogens with zero attached hydrogens (tertiary/aromatic N) is 1. The molecule has 2 aliphatic rings. The number of ether oxygens (including phenoxy) is 1. The van der Waals surface area contributed by atoms with E-state index in [1.54, 1.807) is 0 Å². The van der Waals surface area contributed by atoms with Gasteiger partial charge in [-0.05, 0) is 34.9 Å². The number of benzene rings is 3. The Morgan fingerprint density at radius 3 is 2.42 bits per heavy atom. The van der Waals surface area contributed by atoms with Crippen LogP contribution in [-0.2, 0) is 5.41 Å². The lowest BCUT2D eigenvalue weighted by Gasteiger charge is -2.31. The summed E-state index contributed by atoms with van der Waals surface area (Å²) in [6.07, 6.45) is 0. The van der Waals surface area contributed by atoms with E-state index in [0.29, 0.717) is 0 Å². The van der Waals surface area contributed by atoms with Gasteiger partial charge in [-0.2, -0.15) is 0 Å². The highest BCUT2D eigenvalue weighted by Crippen LogP contribution is 2.58. The fraction of sp³-hybridized carbons (Fsp3) is 0.182. The van der Waals surface area contributed by atoms with Gasteiger partial charge in [-0.25, -0.2) is 0 Å². The van der Waals surface area contributed by atoms with Crippen LogP contribution in [0.5, 0.6) is 11.5 Å². The highest BCUT2D eigenvalue weighted by Gasteiger charge is 2.39. The van der Waals surface area contributed by atoms with Crippen molar-refractivity contribution in [1.82, 2.24) is 0 Å². The van der Waals surface area contributed by atoms with Gasteiger partial charge in [0.15, 0.2) is 11.5 Å². The number of hydrogen-bond donors (Lipinski definition) is 0. The molecule has 3 aromatic rings. The van der Waals surface area contributed by atoms with Gasteiger partial charge >= 0.3 is 0 Å². The average Bonchev–Trinajstić information content (AvgIpc) is 2.84. The molecule has 5 rings (SSSR count). The first kappa shape index (κ1) is 13.7. The molecule has 0 atom stereocenters. The standard InChI is InChI=1S/C22H19NO/c1-22(2)15-9-5-4-8-14(15)20-16(22)12-13-18-21(20)24-19-11-7-6-10-17(19)23(18)3/h4-13H,1-3H3. The number of fused-ring (bicyclic) bond motifs is 6. The average molecular weight is 313 g/mol. The summed E-state index contributed by atoms with van der Waals surface area (Å²) in [5.74, 6) is 1.90. The van der Waals surface area contributed by atoms with Crippen LogP contribution < -0.4 is 9.64 Å². The maximum atomic E-state index is 6.40. The minimum Gasteiger partial charge on any atom is -0.452 e. The van der Waals surface area contributed by atoms with Crippen molar-refractivity contribution < 1.29 is 4.74 Å². The molecule has 0 saturated carbocycles. The molecule has 0 bridgehead atoms. The maximum Gasteiger partial charge on any atom is 0.159 e. The van der Waals surface area contributed by atoms with Gasteiger partial charge in [0.2, 0.25) is 0 Å².